The molecule has 3 rings (SSSR count). The van der Waals surface area contributed by atoms with E-state index in [0.717, 1.165) is 15.6 Å². The molecule has 28 heavy (non-hydrogen) atoms. The third-order valence-corrected chi connectivity index (χ3v) is 5.34. The minimum Gasteiger partial charge on any atom is -0.369 e. The van der Waals surface area contributed by atoms with E-state index < -0.39 is 17.9 Å². The summed E-state index contributed by atoms with van der Waals surface area (Å²) in [5.74, 6) is -1.61. The fraction of sp³-hybridized carbons (Fsp3) is 0.300. The zero-order chi connectivity index (χ0) is 20.1. The minimum atomic E-state index is -0.564. The van der Waals surface area contributed by atoms with Crippen LogP contribution in [0.15, 0.2) is 53.0 Å². The van der Waals surface area contributed by atoms with Crippen molar-refractivity contribution in [1.82, 2.24) is 16.2 Å². The van der Waals surface area contributed by atoms with Crippen molar-refractivity contribution in [2.45, 2.75) is 24.9 Å². The van der Waals surface area contributed by atoms with E-state index in [1.54, 1.807) is 12.1 Å². The highest BCUT2D eigenvalue weighted by atomic mass is 79.9. The van der Waals surface area contributed by atoms with Crippen molar-refractivity contribution in [3.8, 4) is 0 Å². The molecule has 8 heteroatoms. The molecule has 0 aromatic heterocycles. The monoisotopic (exact) mass is 448 g/mol. The first-order chi connectivity index (χ1) is 13.4. The Bertz CT molecular complexity index is 829. The molecule has 0 saturated carbocycles. The molecule has 6 nitrogen and oxygen atoms in total. The average molecular weight is 449 g/mol. The molecule has 0 aliphatic carbocycles. The predicted octanol–water partition coefficient (Wildman–Crippen LogP) is 1.96. The summed E-state index contributed by atoms with van der Waals surface area (Å²) >= 11 is 3.41. The van der Waals surface area contributed by atoms with Crippen molar-refractivity contribution in [3.05, 3.63) is 69.9 Å². The topological polar surface area (TPSA) is 96.2 Å². The SMILES string of the molecule is NC(=O)C(CNC(=O)C1CC(c2ccc(Br)cc2)NN1)Cc1ccc(F)cc1. The van der Waals surface area contributed by atoms with Crippen molar-refractivity contribution in [1.29, 1.82) is 0 Å². The van der Waals surface area contributed by atoms with Crippen LogP contribution in [-0.4, -0.2) is 24.4 Å². The Morgan fingerprint density at radius 2 is 1.82 bits per heavy atom. The molecule has 3 atom stereocenters. The third kappa shape index (κ3) is 5.37. The van der Waals surface area contributed by atoms with Crippen molar-refractivity contribution in [3.63, 3.8) is 0 Å². The van der Waals surface area contributed by atoms with Gasteiger partial charge in [-0.3, -0.25) is 9.59 Å². The molecular weight excluding hydrogens is 427 g/mol. The molecule has 148 valence electrons. The second-order valence-electron chi connectivity index (χ2n) is 6.86. The highest BCUT2D eigenvalue weighted by Gasteiger charge is 2.30. The van der Waals surface area contributed by atoms with E-state index in [0.29, 0.717) is 12.8 Å². The van der Waals surface area contributed by atoms with Gasteiger partial charge in [-0.05, 0) is 48.2 Å². The highest BCUT2D eigenvalue weighted by molar-refractivity contribution is 9.10. The predicted molar refractivity (Wildman–Crippen MR) is 107 cm³/mol. The molecule has 1 fully saturated rings. The quantitative estimate of drug-likeness (QED) is 0.520. The van der Waals surface area contributed by atoms with Crippen molar-refractivity contribution in [2.75, 3.05) is 6.54 Å². The molecule has 2 amide bonds. The number of carbonyl (C=O) groups excluding carboxylic acids is 2. The Morgan fingerprint density at radius 3 is 2.46 bits per heavy atom. The van der Waals surface area contributed by atoms with Crippen LogP contribution >= 0.6 is 15.9 Å². The summed E-state index contributed by atoms with van der Waals surface area (Å²) in [4.78, 5) is 24.2. The largest absolute Gasteiger partial charge is 0.369 e. The van der Waals surface area contributed by atoms with E-state index in [1.807, 2.05) is 24.3 Å². The van der Waals surface area contributed by atoms with Crippen LogP contribution < -0.4 is 21.9 Å². The van der Waals surface area contributed by atoms with E-state index in [2.05, 4.69) is 32.1 Å². The Labute approximate surface area is 171 Å². The van der Waals surface area contributed by atoms with Crippen LogP contribution in [-0.2, 0) is 16.0 Å². The second kappa shape index (κ2) is 9.27. The fourth-order valence-electron chi connectivity index (χ4n) is 3.17. The van der Waals surface area contributed by atoms with Gasteiger partial charge >= 0.3 is 0 Å². The van der Waals surface area contributed by atoms with Crippen molar-refractivity contribution < 1.29 is 14.0 Å². The lowest BCUT2D eigenvalue weighted by Gasteiger charge is -2.16. The number of nitrogens with one attached hydrogen (secondary N) is 3. The lowest BCUT2D eigenvalue weighted by atomic mass is 9.98. The Morgan fingerprint density at radius 1 is 1.14 bits per heavy atom. The Hall–Kier alpha value is -2.29. The molecule has 1 aliphatic heterocycles. The number of carbonyl (C=O) groups is 2. The number of hydrogen-bond donors (Lipinski definition) is 4. The summed E-state index contributed by atoms with van der Waals surface area (Å²) < 4.78 is 14.0. The first-order valence-electron chi connectivity index (χ1n) is 9.00. The maximum absolute atomic E-state index is 13.0. The molecule has 5 N–H and O–H groups in total. The average Bonchev–Trinajstić information content (AvgIpc) is 3.17. The van der Waals surface area contributed by atoms with Gasteiger partial charge in [0.05, 0.1) is 5.92 Å². The first kappa shape index (κ1) is 20.4. The number of hydrazine groups is 1. The number of nitrogens with two attached hydrogens (primary N) is 1. The van der Waals surface area contributed by atoms with Gasteiger partial charge in [0.1, 0.15) is 11.9 Å². The summed E-state index contributed by atoms with van der Waals surface area (Å²) in [6.07, 6.45) is 0.931. The van der Waals surface area contributed by atoms with Crippen molar-refractivity contribution >= 4 is 27.7 Å². The van der Waals surface area contributed by atoms with Crippen LogP contribution in [0, 0.1) is 11.7 Å². The zero-order valence-corrected chi connectivity index (χ0v) is 16.7. The molecule has 2 aromatic carbocycles. The number of primary amides is 1. The van der Waals surface area contributed by atoms with Gasteiger partial charge in [-0.2, -0.15) is 0 Å². The maximum atomic E-state index is 13.0. The van der Waals surface area contributed by atoms with Crippen molar-refractivity contribution in [2.24, 2.45) is 11.7 Å². The van der Waals surface area contributed by atoms with Gasteiger partial charge < -0.3 is 11.1 Å². The fourth-order valence-corrected chi connectivity index (χ4v) is 3.43. The van der Waals surface area contributed by atoms with Crippen LogP contribution in [0.3, 0.4) is 0 Å². The first-order valence-corrected chi connectivity index (χ1v) is 9.79. The number of benzene rings is 2. The van der Waals surface area contributed by atoms with Gasteiger partial charge in [-0.25, -0.2) is 15.2 Å². The van der Waals surface area contributed by atoms with Gasteiger partial charge in [0, 0.05) is 17.1 Å². The Balaban J connectivity index is 1.52. The molecule has 1 heterocycles. The van der Waals surface area contributed by atoms with Gasteiger partial charge in [-0.1, -0.05) is 40.2 Å². The summed E-state index contributed by atoms with van der Waals surface area (Å²) in [5, 5.41) is 2.79. The van der Waals surface area contributed by atoms with E-state index in [1.165, 1.54) is 12.1 Å². The van der Waals surface area contributed by atoms with Crippen LogP contribution in [0.2, 0.25) is 0 Å². The van der Waals surface area contributed by atoms with Crippen LogP contribution in [0.25, 0.3) is 0 Å². The minimum absolute atomic E-state index is 0.0232. The zero-order valence-electron chi connectivity index (χ0n) is 15.1. The van der Waals surface area contributed by atoms with Crippen LogP contribution in [0.1, 0.15) is 23.6 Å². The van der Waals surface area contributed by atoms with Gasteiger partial charge in [0.15, 0.2) is 0 Å². The van der Waals surface area contributed by atoms with Crippen LogP contribution in [0.5, 0.6) is 0 Å². The molecule has 0 spiro atoms. The number of hydrogen-bond acceptors (Lipinski definition) is 4. The van der Waals surface area contributed by atoms with E-state index in [-0.39, 0.29) is 24.3 Å². The normalized spacial score (nSPS) is 19.9. The van der Waals surface area contributed by atoms with Gasteiger partial charge in [0.25, 0.3) is 0 Å². The number of amides is 2. The summed E-state index contributed by atoms with van der Waals surface area (Å²) in [6.45, 7) is 0.132. The molecule has 0 bridgehead atoms. The number of rotatable bonds is 7. The summed E-state index contributed by atoms with van der Waals surface area (Å²) in [5.41, 5.74) is 13.5. The molecule has 1 aliphatic rings. The van der Waals surface area contributed by atoms with Gasteiger partial charge in [0.2, 0.25) is 11.8 Å². The summed E-state index contributed by atoms with van der Waals surface area (Å²) in [7, 11) is 0. The molecule has 2 aromatic rings. The molecular formula is C20H22BrFN4O2. The highest BCUT2D eigenvalue weighted by Crippen LogP contribution is 2.23. The second-order valence-corrected chi connectivity index (χ2v) is 7.77. The van der Waals surface area contributed by atoms with E-state index in [4.69, 9.17) is 5.73 Å². The molecule has 3 unspecified atom stereocenters. The third-order valence-electron chi connectivity index (χ3n) is 4.81. The van der Waals surface area contributed by atoms with E-state index in [9.17, 15) is 14.0 Å². The smallest absolute Gasteiger partial charge is 0.238 e. The van der Waals surface area contributed by atoms with Gasteiger partial charge in [-0.15, -0.1) is 0 Å². The number of halogens is 2. The standard InChI is InChI=1S/C20H22BrFN4O2/c21-15-5-3-13(4-6-15)17-10-18(26-25-17)20(28)24-11-14(19(23)27)9-12-1-7-16(22)8-2-12/h1-8,14,17-18,25-26H,9-11H2,(H2,23,27)(H,24,28). The Kier molecular flexibility index (Phi) is 6.77. The molecule has 0 radical (unpaired) electrons. The van der Waals surface area contributed by atoms with E-state index >= 15 is 0 Å². The molecule has 1 saturated heterocycles. The van der Waals surface area contributed by atoms with Crippen LogP contribution in [0.4, 0.5) is 4.39 Å². The lowest BCUT2D eigenvalue weighted by molar-refractivity contribution is -0.124. The lowest BCUT2D eigenvalue weighted by Crippen LogP contribution is -2.46. The maximum Gasteiger partial charge on any atom is 0.238 e. The summed E-state index contributed by atoms with van der Waals surface area (Å²) in [6, 6.07) is 13.4.